The summed E-state index contributed by atoms with van der Waals surface area (Å²) in [6.07, 6.45) is 0. The van der Waals surface area contributed by atoms with Crippen LogP contribution in [0.3, 0.4) is 0 Å². The molecule has 2 aromatic carbocycles. The van der Waals surface area contributed by atoms with E-state index in [0.717, 1.165) is 10.9 Å². The molecule has 22 heavy (non-hydrogen) atoms. The number of benzene rings is 2. The molecule has 3 N–H and O–H groups in total. The van der Waals surface area contributed by atoms with Crippen LogP contribution in [0, 0.1) is 5.82 Å². The van der Waals surface area contributed by atoms with Crippen molar-refractivity contribution in [3.63, 3.8) is 0 Å². The number of anilines is 1. The van der Waals surface area contributed by atoms with Crippen molar-refractivity contribution >= 4 is 39.8 Å². The standard InChI is InChI=1S/C16H12ClFN2OS/c17-13-4-2-1-3-9(13)8-22-16-11-6-5-10(18)7-12(11)14(19)15(21)20-16/h1-7H,8,19H2,(H,20,21). The molecule has 0 aliphatic heterocycles. The molecule has 1 aromatic heterocycles. The zero-order valence-electron chi connectivity index (χ0n) is 11.4. The molecule has 0 bridgehead atoms. The second kappa shape index (κ2) is 6.02. The predicted octanol–water partition coefficient (Wildman–Crippen LogP) is 4.20. The molecule has 112 valence electrons. The molecule has 0 fully saturated rings. The molecular formula is C16H12ClFN2OS. The molecule has 0 saturated heterocycles. The minimum atomic E-state index is -0.424. The number of nitrogens with one attached hydrogen (secondary N) is 1. The van der Waals surface area contributed by atoms with E-state index in [-0.39, 0.29) is 5.69 Å². The lowest BCUT2D eigenvalue weighted by atomic mass is 10.1. The molecule has 6 heteroatoms. The van der Waals surface area contributed by atoms with Gasteiger partial charge in [0.1, 0.15) is 11.5 Å². The Morgan fingerprint density at radius 1 is 1.18 bits per heavy atom. The van der Waals surface area contributed by atoms with Crippen molar-refractivity contribution in [1.29, 1.82) is 0 Å². The van der Waals surface area contributed by atoms with Gasteiger partial charge in [0.15, 0.2) is 0 Å². The van der Waals surface area contributed by atoms with E-state index < -0.39 is 11.4 Å². The fourth-order valence-corrected chi connectivity index (χ4v) is 3.51. The van der Waals surface area contributed by atoms with Gasteiger partial charge in [0.05, 0.1) is 5.03 Å². The average Bonchev–Trinajstić information content (AvgIpc) is 2.51. The van der Waals surface area contributed by atoms with Gasteiger partial charge in [0.2, 0.25) is 0 Å². The van der Waals surface area contributed by atoms with Crippen LogP contribution in [0.2, 0.25) is 5.02 Å². The van der Waals surface area contributed by atoms with Crippen molar-refractivity contribution in [3.05, 3.63) is 69.2 Å². The van der Waals surface area contributed by atoms with E-state index in [1.54, 1.807) is 6.07 Å². The summed E-state index contributed by atoms with van der Waals surface area (Å²) in [6.45, 7) is 0. The van der Waals surface area contributed by atoms with Gasteiger partial charge in [0.25, 0.3) is 5.56 Å². The minimum absolute atomic E-state index is 0.0246. The highest BCUT2D eigenvalue weighted by molar-refractivity contribution is 7.98. The van der Waals surface area contributed by atoms with Crippen LogP contribution < -0.4 is 11.3 Å². The molecule has 3 aromatic rings. The normalized spacial score (nSPS) is 11.0. The van der Waals surface area contributed by atoms with Crippen molar-refractivity contribution in [2.24, 2.45) is 0 Å². The van der Waals surface area contributed by atoms with Gasteiger partial charge in [0, 0.05) is 21.5 Å². The number of aromatic nitrogens is 1. The molecule has 0 radical (unpaired) electrons. The van der Waals surface area contributed by atoms with E-state index in [1.165, 1.54) is 23.9 Å². The Hall–Kier alpha value is -1.98. The fraction of sp³-hybridized carbons (Fsp3) is 0.0625. The number of halogens is 2. The lowest BCUT2D eigenvalue weighted by molar-refractivity contribution is 0.629. The summed E-state index contributed by atoms with van der Waals surface area (Å²) in [7, 11) is 0. The van der Waals surface area contributed by atoms with E-state index in [1.807, 2.05) is 24.3 Å². The second-order valence-electron chi connectivity index (χ2n) is 4.77. The first-order chi connectivity index (χ1) is 10.6. The average molecular weight is 335 g/mol. The van der Waals surface area contributed by atoms with Crippen LogP contribution in [0.1, 0.15) is 5.56 Å². The molecule has 0 amide bonds. The summed E-state index contributed by atoms with van der Waals surface area (Å²) in [5, 5.41) is 2.46. The largest absolute Gasteiger partial charge is 0.394 e. The van der Waals surface area contributed by atoms with E-state index in [0.29, 0.717) is 21.2 Å². The molecule has 0 aliphatic rings. The van der Waals surface area contributed by atoms with Gasteiger partial charge in [-0.05, 0) is 29.8 Å². The Labute approximate surface area is 135 Å². The third-order valence-electron chi connectivity index (χ3n) is 3.32. The maximum absolute atomic E-state index is 13.4. The fourth-order valence-electron chi connectivity index (χ4n) is 2.18. The molecule has 0 spiro atoms. The lowest BCUT2D eigenvalue weighted by Crippen LogP contribution is -2.13. The number of pyridine rings is 1. The maximum atomic E-state index is 13.4. The molecule has 3 rings (SSSR count). The zero-order valence-corrected chi connectivity index (χ0v) is 13.0. The quantitative estimate of drug-likeness (QED) is 0.706. The number of rotatable bonds is 3. The number of fused-ring (bicyclic) bond motifs is 1. The SMILES string of the molecule is Nc1c(=O)[nH]c(SCc2ccccc2Cl)c2ccc(F)cc12. The highest BCUT2D eigenvalue weighted by Gasteiger charge is 2.11. The molecule has 1 heterocycles. The van der Waals surface area contributed by atoms with Crippen molar-refractivity contribution < 1.29 is 4.39 Å². The number of hydrogen-bond acceptors (Lipinski definition) is 3. The van der Waals surface area contributed by atoms with Crippen LogP contribution in [0.4, 0.5) is 10.1 Å². The predicted molar refractivity (Wildman–Crippen MR) is 90.0 cm³/mol. The van der Waals surface area contributed by atoms with Crippen molar-refractivity contribution in [1.82, 2.24) is 4.98 Å². The smallest absolute Gasteiger partial charge is 0.272 e. The van der Waals surface area contributed by atoms with E-state index in [9.17, 15) is 9.18 Å². The first kappa shape index (κ1) is 14.9. The molecule has 0 saturated carbocycles. The van der Waals surface area contributed by atoms with Crippen LogP contribution in [0.15, 0.2) is 52.3 Å². The Morgan fingerprint density at radius 3 is 2.73 bits per heavy atom. The third-order valence-corrected chi connectivity index (χ3v) is 4.75. The molecule has 3 nitrogen and oxygen atoms in total. The number of nitrogen functional groups attached to an aromatic ring is 1. The summed E-state index contributed by atoms with van der Waals surface area (Å²) < 4.78 is 13.4. The van der Waals surface area contributed by atoms with Gasteiger partial charge >= 0.3 is 0 Å². The van der Waals surface area contributed by atoms with Crippen LogP contribution in [-0.4, -0.2) is 4.98 Å². The van der Waals surface area contributed by atoms with Crippen LogP contribution in [0.25, 0.3) is 10.8 Å². The number of nitrogens with two attached hydrogens (primary N) is 1. The number of thioether (sulfide) groups is 1. The molecule has 0 unspecified atom stereocenters. The molecule has 0 atom stereocenters. The Bertz CT molecular complexity index is 910. The van der Waals surface area contributed by atoms with Crippen molar-refractivity contribution in [2.75, 3.05) is 5.73 Å². The summed E-state index contributed by atoms with van der Waals surface area (Å²) in [4.78, 5) is 14.6. The van der Waals surface area contributed by atoms with Crippen LogP contribution >= 0.6 is 23.4 Å². The van der Waals surface area contributed by atoms with Crippen LogP contribution in [-0.2, 0) is 5.75 Å². The Morgan fingerprint density at radius 2 is 1.95 bits per heavy atom. The summed E-state index contributed by atoms with van der Waals surface area (Å²) in [5.41, 5.74) is 6.31. The van der Waals surface area contributed by atoms with Crippen LogP contribution in [0.5, 0.6) is 0 Å². The Balaban J connectivity index is 2.03. The Kier molecular flexibility index (Phi) is 4.09. The maximum Gasteiger partial charge on any atom is 0.272 e. The first-order valence-electron chi connectivity index (χ1n) is 6.53. The number of hydrogen-bond donors (Lipinski definition) is 2. The van der Waals surface area contributed by atoms with Crippen molar-refractivity contribution in [2.45, 2.75) is 10.8 Å². The van der Waals surface area contributed by atoms with Gasteiger partial charge < -0.3 is 10.7 Å². The monoisotopic (exact) mass is 334 g/mol. The number of aromatic amines is 1. The van der Waals surface area contributed by atoms with Gasteiger partial charge in [-0.2, -0.15) is 0 Å². The van der Waals surface area contributed by atoms with Gasteiger partial charge in [-0.15, -0.1) is 11.8 Å². The summed E-state index contributed by atoms with van der Waals surface area (Å²) >= 11 is 7.56. The van der Waals surface area contributed by atoms with E-state index >= 15 is 0 Å². The topological polar surface area (TPSA) is 58.9 Å². The third kappa shape index (κ3) is 2.82. The molecule has 0 aliphatic carbocycles. The van der Waals surface area contributed by atoms with Gasteiger partial charge in [-0.1, -0.05) is 29.8 Å². The van der Waals surface area contributed by atoms with E-state index in [4.69, 9.17) is 17.3 Å². The minimum Gasteiger partial charge on any atom is -0.394 e. The first-order valence-corrected chi connectivity index (χ1v) is 7.90. The van der Waals surface area contributed by atoms with Crippen molar-refractivity contribution in [3.8, 4) is 0 Å². The van der Waals surface area contributed by atoms with E-state index in [2.05, 4.69) is 4.98 Å². The summed E-state index contributed by atoms with van der Waals surface area (Å²) in [5.74, 6) is 0.165. The van der Waals surface area contributed by atoms with Gasteiger partial charge in [-0.25, -0.2) is 4.39 Å². The highest BCUT2D eigenvalue weighted by Crippen LogP contribution is 2.31. The van der Waals surface area contributed by atoms with Gasteiger partial charge in [-0.3, -0.25) is 4.79 Å². The number of H-pyrrole nitrogens is 1. The highest BCUT2D eigenvalue weighted by atomic mass is 35.5. The zero-order chi connectivity index (χ0) is 15.7. The lowest BCUT2D eigenvalue weighted by Gasteiger charge is -2.09. The summed E-state index contributed by atoms with van der Waals surface area (Å²) in [6, 6.07) is 11.7. The second-order valence-corrected chi connectivity index (χ2v) is 6.16. The molecular weight excluding hydrogens is 323 g/mol.